The molecule has 0 radical (unpaired) electrons. The molecule has 0 saturated heterocycles. The highest BCUT2D eigenvalue weighted by Gasteiger charge is 2.07. The van der Waals surface area contributed by atoms with Gasteiger partial charge >= 0.3 is 0 Å². The summed E-state index contributed by atoms with van der Waals surface area (Å²) in [7, 11) is 0. The minimum Gasteiger partial charge on any atom is -0.438 e. The van der Waals surface area contributed by atoms with Crippen LogP contribution in [0.4, 0.5) is 0 Å². The number of halogens is 1. The van der Waals surface area contributed by atoms with Crippen molar-refractivity contribution in [2.24, 2.45) is 0 Å². The normalized spacial score (nSPS) is 10.6. The van der Waals surface area contributed by atoms with E-state index in [1.165, 1.54) is 6.33 Å². The van der Waals surface area contributed by atoms with Crippen LogP contribution in [-0.2, 0) is 0 Å². The minimum absolute atomic E-state index is 0.249. The summed E-state index contributed by atoms with van der Waals surface area (Å²) in [5.74, 6) is 0.886. The fraction of sp³-hybridized carbons (Fsp3) is 0. The molecule has 19 heavy (non-hydrogen) atoms. The van der Waals surface area contributed by atoms with Crippen molar-refractivity contribution in [3.8, 4) is 11.6 Å². The van der Waals surface area contributed by atoms with Gasteiger partial charge in [0, 0.05) is 0 Å². The molecule has 0 unspecified atom stereocenters. The van der Waals surface area contributed by atoms with Crippen molar-refractivity contribution >= 4 is 26.7 Å². The first-order chi connectivity index (χ1) is 9.24. The topological polar surface area (TPSA) is 55.0 Å². The number of benzene rings is 2. The molecule has 94 valence electrons. The molecule has 0 saturated carbocycles. The molecular formula is C14H9BrN2O2. The van der Waals surface area contributed by atoms with Gasteiger partial charge in [-0.15, -0.1) is 0 Å². The number of hydrogen-bond acceptors (Lipinski definition) is 3. The van der Waals surface area contributed by atoms with E-state index in [4.69, 9.17) is 4.74 Å². The first-order valence-electron chi connectivity index (χ1n) is 5.64. The van der Waals surface area contributed by atoms with Gasteiger partial charge in [-0.05, 0) is 38.8 Å². The van der Waals surface area contributed by atoms with Gasteiger partial charge in [0.2, 0.25) is 5.88 Å². The van der Waals surface area contributed by atoms with Crippen LogP contribution in [0.1, 0.15) is 0 Å². The first kappa shape index (κ1) is 11.9. The molecule has 2 aromatic carbocycles. The second kappa shape index (κ2) is 4.85. The number of aromatic nitrogens is 2. The summed E-state index contributed by atoms with van der Waals surface area (Å²) in [6, 6.07) is 13.7. The number of aromatic amines is 1. The van der Waals surface area contributed by atoms with Crippen molar-refractivity contribution in [3.05, 3.63) is 63.6 Å². The molecule has 0 aliphatic carbocycles. The monoisotopic (exact) mass is 316 g/mol. The molecule has 4 nitrogen and oxygen atoms in total. The van der Waals surface area contributed by atoms with Gasteiger partial charge in [-0.1, -0.05) is 30.3 Å². The van der Waals surface area contributed by atoms with E-state index in [1.807, 2.05) is 42.5 Å². The van der Waals surface area contributed by atoms with Crippen molar-refractivity contribution in [1.82, 2.24) is 9.97 Å². The number of nitrogens with zero attached hydrogens (tertiary/aromatic N) is 1. The van der Waals surface area contributed by atoms with Gasteiger partial charge in [-0.25, -0.2) is 4.98 Å². The Morgan fingerprint density at radius 3 is 2.74 bits per heavy atom. The SMILES string of the molecule is O=c1[nH]cnc(Oc2ccc3ccccc3c2)c1Br. The predicted octanol–water partition coefficient (Wildman–Crippen LogP) is 3.48. The summed E-state index contributed by atoms with van der Waals surface area (Å²) in [6.07, 6.45) is 1.31. The molecule has 1 N–H and O–H groups in total. The Balaban J connectivity index is 2.01. The summed E-state index contributed by atoms with van der Waals surface area (Å²) in [5, 5.41) is 2.20. The molecule has 3 aromatic rings. The number of nitrogens with one attached hydrogen (secondary N) is 1. The van der Waals surface area contributed by atoms with Crippen LogP contribution in [0.2, 0.25) is 0 Å². The lowest BCUT2D eigenvalue weighted by Crippen LogP contribution is -2.08. The summed E-state index contributed by atoms with van der Waals surface area (Å²) >= 11 is 3.16. The second-order valence-corrected chi connectivity index (χ2v) is 4.75. The van der Waals surface area contributed by atoms with E-state index >= 15 is 0 Å². The molecule has 0 bridgehead atoms. The number of hydrogen-bond donors (Lipinski definition) is 1. The smallest absolute Gasteiger partial charge is 0.268 e. The van der Waals surface area contributed by atoms with Crippen molar-refractivity contribution in [2.45, 2.75) is 0 Å². The third-order valence-electron chi connectivity index (χ3n) is 2.70. The van der Waals surface area contributed by atoms with Gasteiger partial charge in [0.15, 0.2) is 0 Å². The summed E-state index contributed by atoms with van der Waals surface area (Å²) in [5.41, 5.74) is -0.272. The Labute approximate surface area is 117 Å². The van der Waals surface area contributed by atoms with Crippen molar-refractivity contribution < 1.29 is 4.74 Å². The fourth-order valence-corrected chi connectivity index (χ4v) is 2.08. The zero-order valence-corrected chi connectivity index (χ0v) is 11.3. The van der Waals surface area contributed by atoms with E-state index in [0.717, 1.165) is 10.8 Å². The largest absolute Gasteiger partial charge is 0.438 e. The lowest BCUT2D eigenvalue weighted by Gasteiger charge is -2.06. The molecule has 1 heterocycles. The molecule has 0 fully saturated rings. The Kier molecular flexibility index (Phi) is 3.05. The zero-order chi connectivity index (χ0) is 13.2. The van der Waals surface area contributed by atoms with E-state index in [0.29, 0.717) is 5.75 Å². The zero-order valence-electron chi connectivity index (χ0n) is 9.76. The van der Waals surface area contributed by atoms with Crippen LogP contribution < -0.4 is 10.3 Å². The molecule has 1 aromatic heterocycles. The summed E-state index contributed by atoms with van der Waals surface area (Å²) < 4.78 is 5.90. The van der Waals surface area contributed by atoms with E-state index < -0.39 is 0 Å². The molecule has 0 atom stereocenters. The Morgan fingerprint density at radius 1 is 1.11 bits per heavy atom. The first-order valence-corrected chi connectivity index (χ1v) is 6.43. The third kappa shape index (κ3) is 2.37. The highest BCUT2D eigenvalue weighted by Crippen LogP contribution is 2.27. The number of ether oxygens (including phenoxy) is 1. The molecular weight excluding hydrogens is 308 g/mol. The Morgan fingerprint density at radius 2 is 1.89 bits per heavy atom. The van der Waals surface area contributed by atoms with Crippen LogP contribution in [0.25, 0.3) is 10.8 Å². The van der Waals surface area contributed by atoms with Crippen molar-refractivity contribution in [1.29, 1.82) is 0 Å². The number of fused-ring (bicyclic) bond motifs is 1. The average molecular weight is 317 g/mol. The van der Waals surface area contributed by atoms with Gasteiger partial charge in [-0.3, -0.25) is 4.79 Å². The highest BCUT2D eigenvalue weighted by atomic mass is 79.9. The fourth-order valence-electron chi connectivity index (χ4n) is 1.78. The average Bonchev–Trinajstić information content (AvgIpc) is 2.44. The van der Waals surface area contributed by atoms with Crippen molar-refractivity contribution in [2.75, 3.05) is 0 Å². The minimum atomic E-state index is -0.272. The Hall–Kier alpha value is -2.14. The predicted molar refractivity (Wildman–Crippen MR) is 76.6 cm³/mol. The van der Waals surface area contributed by atoms with Crippen LogP contribution in [0, 0.1) is 0 Å². The molecule has 5 heteroatoms. The lowest BCUT2D eigenvalue weighted by atomic mass is 10.1. The van der Waals surface area contributed by atoms with E-state index in [2.05, 4.69) is 25.9 Å². The maximum absolute atomic E-state index is 11.4. The van der Waals surface area contributed by atoms with E-state index in [9.17, 15) is 4.79 Å². The molecule has 0 aliphatic rings. The highest BCUT2D eigenvalue weighted by molar-refractivity contribution is 9.10. The van der Waals surface area contributed by atoms with Gasteiger partial charge < -0.3 is 9.72 Å². The van der Waals surface area contributed by atoms with Crippen LogP contribution in [0.3, 0.4) is 0 Å². The lowest BCUT2D eigenvalue weighted by molar-refractivity contribution is 0.457. The molecule has 3 rings (SSSR count). The van der Waals surface area contributed by atoms with Gasteiger partial charge in [0.25, 0.3) is 5.56 Å². The van der Waals surface area contributed by atoms with Gasteiger partial charge in [0.05, 0.1) is 6.33 Å². The number of H-pyrrole nitrogens is 1. The molecule has 0 aliphatic heterocycles. The van der Waals surface area contributed by atoms with Crippen LogP contribution in [-0.4, -0.2) is 9.97 Å². The molecule has 0 amide bonds. The summed E-state index contributed by atoms with van der Waals surface area (Å²) in [4.78, 5) is 17.9. The van der Waals surface area contributed by atoms with Crippen molar-refractivity contribution in [3.63, 3.8) is 0 Å². The summed E-state index contributed by atoms with van der Waals surface area (Å²) in [6.45, 7) is 0. The number of rotatable bonds is 2. The van der Waals surface area contributed by atoms with Crippen LogP contribution in [0.15, 0.2) is 58.1 Å². The molecule has 0 spiro atoms. The van der Waals surface area contributed by atoms with E-state index in [-0.39, 0.29) is 15.9 Å². The quantitative estimate of drug-likeness (QED) is 0.787. The van der Waals surface area contributed by atoms with Crippen LogP contribution >= 0.6 is 15.9 Å². The maximum Gasteiger partial charge on any atom is 0.268 e. The standard InChI is InChI=1S/C14H9BrN2O2/c15-12-13(18)16-8-17-14(12)19-11-6-5-9-3-1-2-4-10(9)7-11/h1-8H,(H,16,17,18). The maximum atomic E-state index is 11.4. The van der Waals surface area contributed by atoms with Gasteiger partial charge in [-0.2, -0.15) is 0 Å². The van der Waals surface area contributed by atoms with E-state index in [1.54, 1.807) is 0 Å². The van der Waals surface area contributed by atoms with Crippen LogP contribution in [0.5, 0.6) is 11.6 Å². The van der Waals surface area contributed by atoms with Gasteiger partial charge in [0.1, 0.15) is 10.2 Å². The second-order valence-electron chi connectivity index (χ2n) is 3.96. The Bertz CT molecular complexity index is 799. The third-order valence-corrected chi connectivity index (χ3v) is 3.40.